The van der Waals surface area contributed by atoms with Gasteiger partial charge < -0.3 is 14.4 Å². The fraction of sp³-hybridized carbons (Fsp3) is 0.625. The number of carboxylic acids is 1. The van der Waals surface area contributed by atoms with E-state index in [0.29, 0.717) is 6.54 Å². The van der Waals surface area contributed by atoms with Crippen LogP contribution in [-0.2, 0) is 11.3 Å². The molecule has 1 aliphatic heterocycles. The van der Waals surface area contributed by atoms with Gasteiger partial charge in [0, 0.05) is 12.3 Å². The molecule has 0 aromatic carbocycles. The van der Waals surface area contributed by atoms with Crippen molar-refractivity contribution in [1.29, 1.82) is 0 Å². The zero-order valence-electron chi connectivity index (χ0n) is 12.1. The molecule has 2 aliphatic rings. The molecule has 1 saturated heterocycles. The third-order valence-electron chi connectivity index (χ3n) is 4.73. The Balaban J connectivity index is 1.71. The van der Waals surface area contributed by atoms with E-state index in [0.717, 1.165) is 25.7 Å². The molecule has 1 saturated carbocycles. The maximum absolute atomic E-state index is 11.9. The van der Waals surface area contributed by atoms with Crippen LogP contribution >= 0.6 is 0 Å². The molecule has 1 unspecified atom stereocenters. The number of aromatic nitrogens is 1. The predicted octanol–water partition coefficient (Wildman–Crippen LogP) is 2.43. The molecular weight excluding hydrogens is 270 g/mol. The lowest BCUT2D eigenvalue weighted by Gasteiger charge is -2.33. The van der Waals surface area contributed by atoms with Gasteiger partial charge in [-0.1, -0.05) is 19.3 Å². The van der Waals surface area contributed by atoms with Crippen LogP contribution in [0.1, 0.15) is 55.3 Å². The fourth-order valence-corrected chi connectivity index (χ4v) is 3.61. The van der Waals surface area contributed by atoms with E-state index in [1.807, 2.05) is 0 Å². The summed E-state index contributed by atoms with van der Waals surface area (Å²) in [6.07, 6.45) is 9.42. The quantitative estimate of drug-likeness (QED) is 0.928. The van der Waals surface area contributed by atoms with Gasteiger partial charge in [-0.25, -0.2) is 4.79 Å². The highest BCUT2D eigenvalue weighted by molar-refractivity contribution is 5.87. The van der Waals surface area contributed by atoms with Crippen LogP contribution in [0.3, 0.4) is 0 Å². The summed E-state index contributed by atoms with van der Waals surface area (Å²) in [5.74, 6) is -1.01. The average molecular weight is 291 g/mol. The summed E-state index contributed by atoms with van der Waals surface area (Å²) >= 11 is 0. The molecule has 1 atom stereocenters. The SMILES string of the molecule is O=C(O)c1ccc(=O)n(CC2CCC3(CCCCC3)O2)c1. The standard InChI is InChI=1S/C16H21NO4/c18-14-5-4-12(15(19)20)10-17(14)11-13-6-9-16(21-13)7-2-1-3-8-16/h4-5,10,13H,1-3,6-9,11H2,(H,19,20). The normalized spacial score (nSPS) is 24.3. The summed E-state index contributed by atoms with van der Waals surface area (Å²) < 4.78 is 7.71. The van der Waals surface area contributed by atoms with Crippen LogP contribution < -0.4 is 5.56 Å². The van der Waals surface area contributed by atoms with Crippen molar-refractivity contribution >= 4 is 5.97 Å². The molecule has 1 spiro atoms. The Bertz CT molecular complexity index is 586. The Labute approximate surface area is 123 Å². The van der Waals surface area contributed by atoms with Crippen molar-refractivity contribution in [2.45, 2.75) is 63.2 Å². The van der Waals surface area contributed by atoms with Gasteiger partial charge in [0.1, 0.15) is 0 Å². The van der Waals surface area contributed by atoms with E-state index in [-0.39, 0.29) is 22.8 Å². The molecule has 1 aliphatic carbocycles. The molecular formula is C16H21NO4. The van der Waals surface area contributed by atoms with Crippen LogP contribution in [0.25, 0.3) is 0 Å². The molecule has 1 aromatic heterocycles. The number of pyridine rings is 1. The highest BCUT2D eigenvalue weighted by atomic mass is 16.5. The van der Waals surface area contributed by atoms with Gasteiger partial charge in [0.25, 0.3) is 5.56 Å². The first-order valence-electron chi connectivity index (χ1n) is 7.70. The number of hydrogen-bond acceptors (Lipinski definition) is 3. The molecule has 2 heterocycles. The number of carboxylic acid groups (broad SMARTS) is 1. The molecule has 0 bridgehead atoms. The van der Waals surface area contributed by atoms with Crippen LogP contribution in [0.4, 0.5) is 0 Å². The van der Waals surface area contributed by atoms with Crippen molar-refractivity contribution in [3.05, 3.63) is 34.2 Å². The van der Waals surface area contributed by atoms with E-state index in [1.165, 1.54) is 42.2 Å². The Morgan fingerprint density at radius 1 is 1.29 bits per heavy atom. The van der Waals surface area contributed by atoms with Gasteiger partial charge >= 0.3 is 5.97 Å². The monoisotopic (exact) mass is 291 g/mol. The minimum atomic E-state index is -1.01. The van der Waals surface area contributed by atoms with E-state index < -0.39 is 5.97 Å². The average Bonchev–Trinajstić information content (AvgIpc) is 2.84. The van der Waals surface area contributed by atoms with Crippen LogP contribution in [0.2, 0.25) is 0 Å². The summed E-state index contributed by atoms with van der Waals surface area (Å²) in [5, 5.41) is 9.01. The van der Waals surface area contributed by atoms with Gasteiger partial charge in [0.05, 0.1) is 23.8 Å². The lowest BCUT2D eigenvalue weighted by atomic mass is 9.83. The first-order valence-corrected chi connectivity index (χ1v) is 7.70. The molecule has 21 heavy (non-hydrogen) atoms. The van der Waals surface area contributed by atoms with Crippen LogP contribution in [0.5, 0.6) is 0 Å². The minimum absolute atomic E-state index is 0.0184. The second kappa shape index (κ2) is 5.64. The van der Waals surface area contributed by atoms with Crippen molar-refractivity contribution < 1.29 is 14.6 Å². The fourth-order valence-electron chi connectivity index (χ4n) is 3.61. The third kappa shape index (κ3) is 3.02. The largest absolute Gasteiger partial charge is 0.478 e. The molecule has 0 radical (unpaired) electrons. The summed E-state index contributed by atoms with van der Waals surface area (Å²) in [4.78, 5) is 22.9. The van der Waals surface area contributed by atoms with E-state index in [1.54, 1.807) is 0 Å². The van der Waals surface area contributed by atoms with Gasteiger partial charge in [-0.2, -0.15) is 0 Å². The van der Waals surface area contributed by atoms with E-state index in [9.17, 15) is 9.59 Å². The first-order chi connectivity index (χ1) is 10.1. The van der Waals surface area contributed by atoms with E-state index >= 15 is 0 Å². The maximum atomic E-state index is 11.9. The van der Waals surface area contributed by atoms with Crippen molar-refractivity contribution in [1.82, 2.24) is 4.57 Å². The minimum Gasteiger partial charge on any atom is -0.478 e. The number of carbonyl (C=O) groups is 1. The van der Waals surface area contributed by atoms with Gasteiger partial charge in [-0.05, 0) is 31.7 Å². The first kappa shape index (κ1) is 14.3. The van der Waals surface area contributed by atoms with Crippen molar-refractivity contribution in [3.63, 3.8) is 0 Å². The van der Waals surface area contributed by atoms with Crippen molar-refractivity contribution in [2.24, 2.45) is 0 Å². The zero-order valence-corrected chi connectivity index (χ0v) is 12.1. The Morgan fingerprint density at radius 3 is 2.76 bits per heavy atom. The molecule has 114 valence electrons. The number of aromatic carboxylic acids is 1. The molecule has 5 heteroatoms. The van der Waals surface area contributed by atoms with Crippen LogP contribution in [0, 0.1) is 0 Å². The summed E-state index contributed by atoms with van der Waals surface area (Å²) in [5.41, 5.74) is -0.00937. The highest BCUT2D eigenvalue weighted by Gasteiger charge is 2.40. The van der Waals surface area contributed by atoms with Gasteiger partial charge in [0.15, 0.2) is 0 Å². The second-order valence-electron chi connectivity index (χ2n) is 6.24. The Kier molecular flexibility index (Phi) is 3.85. The second-order valence-corrected chi connectivity index (χ2v) is 6.24. The molecule has 1 N–H and O–H groups in total. The lowest BCUT2D eigenvalue weighted by Crippen LogP contribution is -2.33. The molecule has 5 nitrogen and oxygen atoms in total. The molecule has 0 amide bonds. The van der Waals surface area contributed by atoms with E-state index in [4.69, 9.17) is 9.84 Å². The van der Waals surface area contributed by atoms with Gasteiger partial charge in [0.2, 0.25) is 0 Å². The summed E-state index contributed by atoms with van der Waals surface area (Å²) in [7, 11) is 0. The zero-order chi connectivity index (χ0) is 14.9. The smallest absolute Gasteiger partial charge is 0.337 e. The number of hydrogen-bond donors (Lipinski definition) is 1. The van der Waals surface area contributed by atoms with Crippen LogP contribution in [-0.4, -0.2) is 27.3 Å². The number of ether oxygens (including phenoxy) is 1. The Morgan fingerprint density at radius 2 is 2.05 bits per heavy atom. The van der Waals surface area contributed by atoms with Crippen molar-refractivity contribution in [3.8, 4) is 0 Å². The van der Waals surface area contributed by atoms with Crippen molar-refractivity contribution in [2.75, 3.05) is 0 Å². The summed E-state index contributed by atoms with van der Waals surface area (Å²) in [6, 6.07) is 2.66. The predicted molar refractivity (Wildman–Crippen MR) is 77.6 cm³/mol. The Hall–Kier alpha value is -1.62. The number of rotatable bonds is 3. The third-order valence-corrected chi connectivity index (χ3v) is 4.73. The van der Waals surface area contributed by atoms with Gasteiger partial charge in [-0.3, -0.25) is 4.79 Å². The summed E-state index contributed by atoms with van der Waals surface area (Å²) in [6.45, 7) is 0.446. The molecule has 1 aromatic rings. The lowest BCUT2D eigenvalue weighted by molar-refractivity contribution is -0.0682. The molecule has 3 rings (SSSR count). The van der Waals surface area contributed by atoms with E-state index in [2.05, 4.69) is 0 Å². The van der Waals surface area contributed by atoms with Crippen LogP contribution in [0.15, 0.2) is 23.1 Å². The topological polar surface area (TPSA) is 68.5 Å². The maximum Gasteiger partial charge on any atom is 0.337 e. The van der Waals surface area contributed by atoms with Gasteiger partial charge in [-0.15, -0.1) is 0 Å². The number of nitrogens with zero attached hydrogens (tertiary/aromatic N) is 1. The highest BCUT2D eigenvalue weighted by Crippen LogP contribution is 2.42. The molecule has 2 fully saturated rings.